The van der Waals surface area contributed by atoms with Gasteiger partial charge in [-0.05, 0) is 31.2 Å². The number of rotatable bonds is 8. The molecule has 0 aromatic carbocycles. The highest BCUT2D eigenvalue weighted by Gasteiger charge is 2.43. The Bertz CT molecular complexity index is 338. The lowest BCUT2D eigenvalue weighted by Gasteiger charge is -2.25. The first kappa shape index (κ1) is 16.9. The van der Waals surface area contributed by atoms with Gasteiger partial charge in [0.1, 0.15) is 0 Å². The first-order chi connectivity index (χ1) is 9.41. The van der Waals surface area contributed by atoms with Crippen LogP contribution in [0.4, 0.5) is 0 Å². The first-order valence-corrected chi connectivity index (χ1v) is 7.23. The van der Waals surface area contributed by atoms with E-state index in [9.17, 15) is 14.7 Å². The number of carbonyl (C=O) groups is 2. The smallest absolute Gasteiger partial charge is 0.331 e. The second-order valence-electron chi connectivity index (χ2n) is 5.86. The Morgan fingerprint density at radius 2 is 2.10 bits per heavy atom. The summed E-state index contributed by atoms with van der Waals surface area (Å²) < 4.78 is 5.11. The molecule has 6 nitrogen and oxygen atoms in total. The number of hydrogen-bond donors (Lipinski definition) is 3. The van der Waals surface area contributed by atoms with Gasteiger partial charge in [-0.15, -0.1) is 0 Å². The van der Waals surface area contributed by atoms with Gasteiger partial charge in [-0.2, -0.15) is 0 Å². The normalized spacial score (nSPS) is 23.8. The highest BCUT2D eigenvalue weighted by atomic mass is 16.5. The third-order valence-corrected chi connectivity index (χ3v) is 4.03. The Labute approximate surface area is 120 Å². The summed E-state index contributed by atoms with van der Waals surface area (Å²) in [6.45, 7) is 5.25. The highest BCUT2D eigenvalue weighted by molar-refractivity contribution is 5.87. The Morgan fingerprint density at radius 1 is 1.40 bits per heavy atom. The first-order valence-electron chi connectivity index (χ1n) is 7.23. The molecule has 2 atom stereocenters. The van der Waals surface area contributed by atoms with Crippen LogP contribution in [0.3, 0.4) is 0 Å². The van der Waals surface area contributed by atoms with Crippen molar-refractivity contribution in [1.29, 1.82) is 0 Å². The standard InChI is InChI=1S/C14H26N2O4/c1-10(2)11(5-7-15)3-4-12(17)16-14(13(18)19)6-8-20-9-14/h10-11H,3-9,15H2,1-2H3,(H,16,17)(H,18,19). The van der Waals surface area contributed by atoms with E-state index in [4.69, 9.17) is 10.5 Å². The van der Waals surface area contributed by atoms with Crippen LogP contribution in [0.25, 0.3) is 0 Å². The molecule has 0 aliphatic carbocycles. The van der Waals surface area contributed by atoms with Crippen molar-refractivity contribution < 1.29 is 19.4 Å². The molecule has 0 radical (unpaired) electrons. The van der Waals surface area contributed by atoms with Crippen molar-refractivity contribution in [2.75, 3.05) is 19.8 Å². The molecule has 116 valence electrons. The minimum absolute atomic E-state index is 0.0461. The van der Waals surface area contributed by atoms with Crippen LogP contribution >= 0.6 is 0 Å². The van der Waals surface area contributed by atoms with Crippen LogP contribution in [0.15, 0.2) is 0 Å². The minimum Gasteiger partial charge on any atom is -0.479 e. The molecule has 0 aromatic rings. The summed E-state index contributed by atoms with van der Waals surface area (Å²) in [6.07, 6.45) is 2.28. The van der Waals surface area contributed by atoms with Crippen molar-refractivity contribution in [2.45, 2.75) is 45.1 Å². The molecule has 0 saturated carbocycles. The van der Waals surface area contributed by atoms with Gasteiger partial charge < -0.3 is 20.9 Å². The zero-order chi connectivity index (χ0) is 15.2. The van der Waals surface area contributed by atoms with E-state index in [1.165, 1.54) is 0 Å². The van der Waals surface area contributed by atoms with Crippen LogP contribution in [0.5, 0.6) is 0 Å². The quantitative estimate of drug-likeness (QED) is 0.611. The molecule has 20 heavy (non-hydrogen) atoms. The Morgan fingerprint density at radius 3 is 2.55 bits per heavy atom. The molecule has 2 unspecified atom stereocenters. The number of aliphatic carboxylic acids is 1. The third kappa shape index (κ3) is 4.45. The van der Waals surface area contributed by atoms with Gasteiger partial charge in [0, 0.05) is 19.4 Å². The molecular formula is C14H26N2O4. The molecule has 1 heterocycles. The molecule has 0 spiro atoms. The van der Waals surface area contributed by atoms with E-state index < -0.39 is 11.5 Å². The molecule has 0 aromatic heterocycles. The predicted octanol–water partition coefficient (Wildman–Crippen LogP) is 0.748. The lowest BCUT2D eigenvalue weighted by molar-refractivity contribution is -0.147. The number of hydrogen-bond acceptors (Lipinski definition) is 4. The van der Waals surface area contributed by atoms with Crippen LogP contribution in [-0.4, -0.2) is 42.3 Å². The summed E-state index contributed by atoms with van der Waals surface area (Å²) in [6, 6.07) is 0. The third-order valence-electron chi connectivity index (χ3n) is 4.03. The number of ether oxygens (including phenoxy) is 1. The fourth-order valence-electron chi connectivity index (χ4n) is 2.56. The number of carboxylic acids is 1. The topological polar surface area (TPSA) is 102 Å². The number of carbonyl (C=O) groups excluding carboxylic acids is 1. The van der Waals surface area contributed by atoms with E-state index in [-0.39, 0.29) is 12.5 Å². The largest absolute Gasteiger partial charge is 0.479 e. The summed E-state index contributed by atoms with van der Waals surface area (Å²) in [7, 11) is 0. The zero-order valence-corrected chi connectivity index (χ0v) is 12.4. The molecule has 1 aliphatic heterocycles. The van der Waals surface area contributed by atoms with Crippen molar-refractivity contribution >= 4 is 11.9 Å². The van der Waals surface area contributed by atoms with E-state index in [1.807, 2.05) is 0 Å². The van der Waals surface area contributed by atoms with E-state index in [1.54, 1.807) is 0 Å². The Kier molecular flexibility index (Phi) is 6.42. The van der Waals surface area contributed by atoms with Crippen LogP contribution in [0.1, 0.15) is 39.5 Å². The van der Waals surface area contributed by atoms with Gasteiger partial charge in [0.05, 0.1) is 6.61 Å². The average molecular weight is 286 g/mol. The molecule has 1 amide bonds. The second-order valence-corrected chi connectivity index (χ2v) is 5.86. The van der Waals surface area contributed by atoms with Crippen molar-refractivity contribution in [3.05, 3.63) is 0 Å². The van der Waals surface area contributed by atoms with E-state index in [0.717, 1.165) is 12.8 Å². The molecule has 0 bridgehead atoms. The van der Waals surface area contributed by atoms with Crippen LogP contribution < -0.4 is 11.1 Å². The lowest BCUT2D eigenvalue weighted by Crippen LogP contribution is -2.55. The van der Waals surface area contributed by atoms with Crippen LogP contribution in [-0.2, 0) is 14.3 Å². The molecule has 1 rings (SSSR count). The van der Waals surface area contributed by atoms with E-state index in [0.29, 0.717) is 37.8 Å². The maximum Gasteiger partial charge on any atom is 0.331 e. The van der Waals surface area contributed by atoms with Gasteiger partial charge in [-0.1, -0.05) is 13.8 Å². The zero-order valence-electron chi connectivity index (χ0n) is 12.4. The minimum atomic E-state index is -1.24. The summed E-state index contributed by atoms with van der Waals surface area (Å²) in [5.74, 6) is -0.382. The maximum atomic E-state index is 12.0. The second kappa shape index (κ2) is 7.59. The monoisotopic (exact) mass is 286 g/mol. The van der Waals surface area contributed by atoms with Crippen molar-refractivity contribution in [1.82, 2.24) is 5.32 Å². The van der Waals surface area contributed by atoms with Gasteiger partial charge in [0.25, 0.3) is 0 Å². The van der Waals surface area contributed by atoms with E-state index in [2.05, 4.69) is 19.2 Å². The molecular weight excluding hydrogens is 260 g/mol. The van der Waals surface area contributed by atoms with Crippen molar-refractivity contribution in [3.8, 4) is 0 Å². The van der Waals surface area contributed by atoms with Gasteiger partial charge >= 0.3 is 5.97 Å². The lowest BCUT2D eigenvalue weighted by atomic mass is 9.88. The molecule has 4 N–H and O–H groups in total. The van der Waals surface area contributed by atoms with Crippen LogP contribution in [0.2, 0.25) is 0 Å². The van der Waals surface area contributed by atoms with Gasteiger partial charge in [0.2, 0.25) is 5.91 Å². The molecule has 6 heteroatoms. The van der Waals surface area contributed by atoms with Gasteiger partial charge in [-0.3, -0.25) is 4.79 Å². The summed E-state index contributed by atoms with van der Waals surface area (Å²) in [5.41, 5.74) is 4.33. The van der Waals surface area contributed by atoms with Gasteiger partial charge in [-0.25, -0.2) is 4.79 Å². The fraction of sp³-hybridized carbons (Fsp3) is 0.857. The average Bonchev–Trinajstić information content (AvgIpc) is 2.83. The predicted molar refractivity (Wildman–Crippen MR) is 75.2 cm³/mol. The van der Waals surface area contributed by atoms with Gasteiger partial charge in [0.15, 0.2) is 5.54 Å². The Balaban J connectivity index is 2.48. The molecule has 1 fully saturated rings. The molecule has 1 aliphatic rings. The maximum absolute atomic E-state index is 12.0. The SMILES string of the molecule is CC(C)C(CCN)CCC(=O)NC1(C(=O)O)CCOC1. The van der Waals surface area contributed by atoms with Crippen LogP contribution in [0, 0.1) is 11.8 Å². The summed E-state index contributed by atoms with van der Waals surface area (Å²) in [5, 5.41) is 11.9. The summed E-state index contributed by atoms with van der Waals surface area (Å²) >= 11 is 0. The highest BCUT2D eigenvalue weighted by Crippen LogP contribution is 2.22. The van der Waals surface area contributed by atoms with Crippen molar-refractivity contribution in [2.24, 2.45) is 17.6 Å². The van der Waals surface area contributed by atoms with Crippen molar-refractivity contribution in [3.63, 3.8) is 0 Å². The number of amides is 1. The number of nitrogens with two attached hydrogens (primary N) is 1. The van der Waals surface area contributed by atoms with E-state index >= 15 is 0 Å². The Hall–Kier alpha value is -1.14. The number of carboxylic acid groups (broad SMARTS) is 1. The number of nitrogens with one attached hydrogen (secondary N) is 1. The molecule has 1 saturated heterocycles. The fourth-order valence-corrected chi connectivity index (χ4v) is 2.56. The summed E-state index contributed by atoms with van der Waals surface area (Å²) in [4.78, 5) is 23.3.